The van der Waals surface area contributed by atoms with Crippen LogP contribution in [0.2, 0.25) is 5.21 Å². The molecule has 0 bridgehead atoms. The van der Waals surface area contributed by atoms with Crippen LogP contribution in [-0.2, 0) is 4.79 Å². The van der Waals surface area contributed by atoms with Gasteiger partial charge in [-0.2, -0.15) is 0 Å². The molecular formula is C8H17AsO2. The van der Waals surface area contributed by atoms with Crippen molar-refractivity contribution in [2.75, 3.05) is 0 Å². The minimum absolute atomic E-state index is 0.344. The van der Waals surface area contributed by atoms with Gasteiger partial charge in [-0.1, -0.05) is 0 Å². The molecule has 0 heterocycles. The Labute approximate surface area is 76.9 Å². The van der Waals surface area contributed by atoms with E-state index in [9.17, 15) is 4.79 Å². The van der Waals surface area contributed by atoms with E-state index in [2.05, 4.69) is 13.8 Å². The summed E-state index contributed by atoms with van der Waals surface area (Å²) < 4.78 is 0. The summed E-state index contributed by atoms with van der Waals surface area (Å²) in [6, 6.07) is 0. The zero-order chi connectivity index (χ0) is 8.85. The number of hydrogen-bond acceptors (Lipinski definition) is 1. The molecule has 0 aliphatic rings. The fraction of sp³-hybridized carbons (Fsp3) is 0.875. The topological polar surface area (TPSA) is 37.3 Å². The van der Waals surface area contributed by atoms with Gasteiger partial charge >= 0.3 is 76.5 Å². The summed E-state index contributed by atoms with van der Waals surface area (Å²) in [5.74, 6) is 0.357. The summed E-state index contributed by atoms with van der Waals surface area (Å²) in [5, 5.41) is 9.57. The molecule has 0 rings (SSSR count). The van der Waals surface area contributed by atoms with Gasteiger partial charge in [-0.25, -0.2) is 0 Å². The van der Waals surface area contributed by atoms with Gasteiger partial charge in [0.1, 0.15) is 0 Å². The second-order valence-corrected chi connectivity index (χ2v) is 4.32. The zero-order valence-corrected chi connectivity index (χ0v) is 9.63. The van der Waals surface area contributed by atoms with Gasteiger partial charge in [0.25, 0.3) is 0 Å². The van der Waals surface area contributed by atoms with Crippen LogP contribution in [0.4, 0.5) is 0 Å². The number of aliphatic carboxylic acids is 1. The monoisotopic (exact) mass is 220 g/mol. The molecule has 0 aromatic rings. The van der Waals surface area contributed by atoms with Gasteiger partial charge in [0.2, 0.25) is 0 Å². The summed E-state index contributed by atoms with van der Waals surface area (Å²) in [7, 11) is 0. The van der Waals surface area contributed by atoms with Gasteiger partial charge in [0, 0.05) is 0 Å². The molecular weight excluding hydrogens is 203 g/mol. The number of rotatable bonds is 5. The van der Waals surface area contributed by atoms with Gasteiger partial charge in [-0.05, 0) is 0 Å². The van der Waals surface area contributed by atoms with E-state index < -0.39 is 5.97 Å². The van der Waals surface area contributed by atoms with Crippen molar-refractivity contribution in [3.63, 3.8) is 0 Å². The molecule has 11 heavy (non-hydrogen) atoms. The van der Waals surface area contributed by atoms with Crippen LogP contribution in [0, 0.1) is 11.8 Å². The van der Waals surface area contributed by atoms with Gasteiger partial charge < -0.3 is 0 Å². The van der Waals surface area contributed by atoms with E-state index in [1.54, 1.807) is 16.9 Å². The van der Waals surface area contributed by atoms with Crippen molar-refractivity contribution >= 4 is 22.8 Å². The Morgan fingerprint density at radius 2 is 2.09 bits per heavy atom. The zero-order valence-electron chi connectivity index (χ0n) is 7.21. The van der Waals surface area contributed by atoms with Crippen LogP contribution in [0.5, 0.6) is 0 Å². The molecule has 0 spiro atoms. The van der Waals surface area contributed by atoms with E-state index >= 15 is 0 Å². The molecule has 0 aliphatic heterocycles. The molecule has 0 amide bonds. The Morgan fingerprint density at radius 3 is 2.36 bits per heavy atom. The Morgan fingerprint density at radius 1 is 1.55 bits per heavy atom. The molecule has 0 saturated carbocycles. The number of carboxylic acids is 1. The third kappa shape index (κ3) is 6.43. The quantitative estimate of drug-likeness (QED) is 0.706. The van der Waals surface area contributed by atoms with Crippen LogP contribution in [0.1, 0.15) is 26.7 Å². The molecule has 0 saturated heterocycles. The molecule has 0 fully saturated rings. The average molecular weight is 220 g/mol. The molecule has 2 atom stereocenters. The summed E-state index contributed by atoms with van der Waals surface area (Å²) in [6.45, 7) is 4.27. The number of carbonyl (C=O) groups is 1. The van der Waals surface area contributed by atoms with Crippen LogP contribution in [0.3, 0.4) is 0 Å². The first-order chi connectivity index (χ1) is 5.06. The fourth-order valence-electron chi connectivity index (χ4n) is 1.18. The average Bonchev–Trinajstić information content (AvgIpc) is 1.84. The van der Waals surface area contributed by atoms with Gasteiger partial charge in [-0.15, -0.1) is 0 Å². The van der Waals surface area contributed by atoms with Crippen LogP contribution in [-0.4, -0.2) is 27.9 Å². The van der Waals surface area contributed by atoms with Crippen molar-refractivity contribution in [2.45, 2.75) is 31.9 Å². The van der Waals surface area contributed by atoms with Crippen LogP contribution in [0.15, 0.2) is 0 Å². The van der Waals surface area contributed by atoms with Crippen molar-refractivity contribution in [3.8, 4) is 0 Å². The van der Waals surface area contributed by atoms with E-state index in [0.717, 1.165) is 11.6 Å². The van der Waals surface area contributed by atoms with E-state index in [4.69, 9.17) is 5.11 Å². The van der Waals surface area contributed by atoms with Gasteiger partial charge in [0.15, 0.2) is 0 Å². The third-order valence-corrected chi connectivity index (χ3v) is 3.00. The second kappa shape index (κ2) is 5.65. The normalized spacial score (nSPS) is 13.5. The third-order valence-electron chi connectivity index (χ3n) is 1.60. The molecule has 2 nitrogen and oxygen atoms in total. The molecule has 0 aromatic heterocycles. The van der Waals surface area contributed by atoms with E-state index in [1.165, 1.54) is 0 Å². The van der Waals surface area contributed by atoms with Gasteiger partial charge in [0.05, 0.1) is 0 Å². The van der Waals surface area contributed by atoms with E-state index in [-0.39, 0.29) is 0 Å². The molecule has 0 radical (unpaired) electrons. The first-order valence-corrected chi connectivity index (χ1v) is 5.69. The van der Waals surface area contributed by atoms with Crippen LogP contribution >= 0.6 is 0 Å². The molecule has 66 valence electrons. The van der Waals surface area contributed by atoms with Crippen molar-refractivity contribution in [1.82, 2.24) is 0 Å². The Bertz CT molecular complexity index is 123. The van der Waals surface area contributed by atoms with E-state index in [0.29, 0.717) is 18.3 Å². The summed E-state index contributed by atoms with van der Waals surface area (Å²) in [4.78, 5) is 10.4. The molecule has 0 aliphatic carbocycles. The number of hydrogen-bond donors (Lipinski definition) is 1. The molecule has 1 unspecified atom stereocenters. The van der Waals surface area contributed by atoms with Crippen LogP contribution in [0.25, 0.3) is 0 Å². The van der Waals surface area contributed by atoms with Crippen LogP contribution < -0.4 is 0 Å². The molecule has 0 aromatic carbocycles. The predicted octanol–water partition coefficient (Wildman–Crippen LogP) is 1.17. The Balaban J connectivity index is 3.66. The van der Waals surface area contributed by atoms with E-state index in [1.807, 2.05) is 0 Å². The second-order valence-electron chi connectivity index (χ2n) is 3.33. The first-order valence-electron chi connectivity index (χ1n) is 3.98. The number of carboxylic acid groups (broad SMARTS) is 1. The summed E-state index contributed by atoms with van der Waals surface area (Å²) >= 11 is 1.63. The molecule has 3 heteroatoms. The minimum atomic E-state index is -0.659. The summed E-state index contributed by atoms with van der Waals surface area (Å²) in [5.41, 5.74) is 0. The maximum absolute atomic E-state index is 10.4. The summed E-state index contributed by atoms with van der Waals surface area (Å²) in [6.07, 6.45) is 1.39. The van der Waals surface area contributed by atoms with Crippen molar-refractivity contribution < 1.29 is 9.90 Å². The standard InChI is InChI=1S/C8H17AsO2/c1-6(2)3-7(5-9)4-8(10)11/h6-7H,3-5,9H2,1-2H3,(H,10,11)/t7-/m1/s1. The maximum atomic E-state index is 10.4. The van der Waals surface area contributed by atoms with Crippen molar-refractivity contribution in [2.24, 2.45) is 11.8 Å². The van der Waals surface area contributed by atoms with Crippen molar-refractivity contribution in [3.05, 3.63) is 0 Å². The SMILES string of the molecule is CC(C)C[C@@H](C[AsH2])CC(=O)O. The van der Waals surface area contributed by atoms with Crippen molar-refractivity contribution in [1.29, 1.82) is 0 Å². The fourth-order valence-corrected chi connectivity index (χ4v) is 1.93. The predicted molar refractivity (Wildman–Crippen MR) is 48.5 cm³/mol. The van der Waals surface area contributed by atoms with Gasteiger partial charge in [-0.3, -0.25) is 0 Å². The Kier molecular flexibility index (Phi) is 5.66. The first kappa shape index (κ1) is 11.0. The Hall–Kier alpha value is 0.0284. The molecule has 1 N–H and O–H groups in total.